The molecule has 0 amide bonds. The van der Waals surface area contributed by atoms with Crippen molar-refractivity contribution in [3.63, 3.8) is 0 Å². The van der Waals surface area contributed by atoms with Crippen LogP contribution in [0.2, 0.25) is 0 Å². The van der Waals surface area contributed by atoms with Crippen LogP contribution < -0.4 is 9.47 Å². The summed E-state index contributed by atoms with van der Waals surface area (Å²) in [6.07, 6.45) is 3.13. The molecule has 1 heterocycles. The van der Waals surface area contributed by atoms with Crippen molar-refractivity contribution >= 4 is 5.78 Å². The Labute approximate surface area is 197 Å². The van der Waals surface area contributed by atoms with Crippen molar-refractivity contribution in [3.05, 3.63) is 95.6 Å². The summed E-state index contributed by atoms with van der Waals surface area (Å²) in [7, 11) is 1.63. The van der Waals surface area contributed by atoms with E-state index in [2.05, 4.69) is 47.4 Å². The van der Waals surface area contributed by atoms with E-state index >= 15 is 0 Å². The second kappa shape index (κ2) is 11.2. The van der Waals surface area contributed by atoms with Gasteiger partial charge >= 0.3 is 0 Å². The summed E-state index contributed by atoms with van der Waals surface area (Å²) in [6.45, 7) is 4.74. The minimum Gasteiger partial charge on any atom is -0.493 e. The third kappa shape index (κ3) is 6.02. The van der Waals surface area contributed by atoms with Crippen molar-refractivity contribution in [1.29, 1.82) is 0 Å². The van der Waals surface area contributed by atoms with E-state index < -0.39 is 0 Å². The number of benzene rings is 3. The van der Waals surface area contributed by atoms with E-state index in [1.807, 2.05) is 24.3 Å². The van der Waals surface area contributed by atoms with Gasteiger partial charge in [0.25, 0.3) is 0 Å². The lowest BCUT2D eigenvalue weighted by molar-refractivity contribution is 0.101. The summed E-state index contributed by atoms with van der Waals surface area (Å²) in [5, 5.41) is 0. The molecule has 1 saturated heterocycles. The quantitative estimate of drug-likeness (QED) is 0.365. The molecule has 1 aliphatic heterocycles. The average molecular weight is 444 g/mol. The maximum atomic E-state index is 11.9. The number of likely N-dealkylation sites (tertiary alicyclic amines) is 1. The third-order valence-electron chi connectivity index (χ3n) is 6.58. The third-order valence-corrected chi connectivity index (χ3v) is 6.58. The average Bonchev–Trinajstić information content (AvgIpc) is 2.87. The first-order valence-electron chi connectivity index (χ1n) is 11.8. The lowest BCUT2D eigenvalue weighted by atomic mass is 9.89. The highest BCUT2D eigenvalue weighted by atomic mass is 16.5. The number of carbonyl (C=O) groups excluding carboxylic acids is 1. The zero-order valence-electron chi connectivity index (χ0n) is 19.6. The Hall–Kier alpha value is -3.11. The van der Waals surface area contributed by atoms with Crippen molar-refractivity contribution in [1.82, 2.24) is 4.90 Å². The van der Waals surface area contributed by atoms with Gasteiger partial charge in [0.15, 0.2) is 17.3 Å². The van der Waals surface area contributed by atoms with E-state index in [9.17, 15) is 4.79 Å². The standard InChI is InChI=1S/C29H33NO3/c1-22(31)26-13-14-28(32-2)29(21-26)33-27(25-11-7-4-8-12-25)17-20-30-18-15-24(16-19-30)23-9-5-3-6-10-23/h3-14,21,24,27H,15-20H2,1-2H3/t27-/m0/s1. The molecule has 0 aliphatic carbocycles. The SMILES string of the molecule is COc1ccc(C(C)=O)cc1O[C@@H](CCN1CCC(c2ccccc2)CC1)c1ccccc1. The Bertz CT molecular complexity index is 1030. The minimum atomic E-state index is -0.117. The van der Waals surface area contributed by atoms with Gasteiger partial charge in [0.2, 0.25) is 0 Å². The van der Waals surface area contributed by atoms with Gasteiger partial charge in [-0.15, -0.1) is 0 Å². The van der Waals surface area contributed by atoms with Crippen LogP contribution in [0.3, 0.4) is 0 Å². The molecule has 33 heavy (non-hydrogen) atoms. The second-order valence-corrected chi connectivity index (χ2v) is 8.75. The van der Waals surface area contributed by atoms with Gasteiger partial charge in [-0.25, -0.2) is 0 Å². The molecule has 4 nitrogen and oxygen atoms in total. The fraction of sp³-hybridized carbons (Fsp3) is 0.345. The highest BCUT2D eigenvalue weighted by Gasteiger charge is 2.23. The zero-order chi connectivity index (χ0) is 23.0. The van der Waals surface area contributed by atoms with Gasteiger partial charge in [0, 0.05) is 18.5 Å². The molecular formula is C29H33NO3. The summed E-state index contributed by atoms with van der Waals surface area (Å²) in [5.74, 6) is 1.92. The number of ether oxygens (including phenoxy) is 2. The lowest BCUT2D eigenvalue weighted by Crippen LogP contribution is -2.34. The molecule has 4 rings (SSSR count). The summed E-state index contributed by atoms with van der Waals surface area (Å²) in [4.78, 5) is 14.5. The van der Waals surface area contributed by atoms with E-state index in [0.717, 1.165) is 31.6 Å². The van der Waals surface area contributed by atoms with E-state index in [-0.39, 0.29) is 11.9 Å². The number of carbonyl (C=O) groups is 1. The molecule has 0 N–H and O–H groups in total. The molecule has 1 fully saturated rings. The first-order valence-corrected chi connectivity index (χ1v) is 11.8. The highest BCUT2D eigenvalue weighted by molar-refractivity contribution is 5.94. The minimum absolute atomic E-state index is 0.0139. The van der Waals surface area contributed by atoms with Crippen molar-refractivity contribution in [2.75, 3.05) is 26.7 Å². The fourth-order valence-electron chi connectivity index (χ4n) is 4.62. The topological polar surface area (TPSA) is 38.8 Å². The van der Waals surface area contributed by atoms with Crippen LogP contribution in [0.4, 0.5) is 0 Å². The zero-order valence-corrected chi connectivity index (χ0v) is 19.6. The molecule has 3 aromatic rings. The number of piperidine rings is 1. The van der Waals surface area contributed by atoms with Crippen LogP contribution in [0.15, 0.2) is 78.9 Å². The van der Waals surface area contributed by atoms with Gasteiger partial charge in [-0.1, -0.05) is 60.7 Å². The molecule has 1 atom stereocenters. The summed E-state index contributed by atoms with van der Waals surface area (Å²) in [5.41, 5.74) is 3.22. The first kappa shape index (κ1) is 23.1. The molecule has 0 unspecified atom stereocenters. The Kier molecular flexibility index (Phi) is 7.79. The molecule has 4 heteroatoms. The molecule has 3 aromatic carbocycles. The Morgan fingerprint density at radius 2 is 1.61 bits per heavy atom. The monoisotopic (exact) mass is 443 g/mol. The lowest BCUT2D eigenvalue weighted by Gasteiger charge is -2.33. The summed E-state index contributed by atoms with van der Waals surface area (Å²) >= 11 is 0. The Morgan fingerprint density at radius 1 is 0.939 bits per heavy atom. The van der Waals surface area contributed by atoms with Crippen molar-refractivity contribution in [2.24, 2.45) is 0 Å². The highest BCUT2D eigenvalue weighted by Crippen LogP contribution is 2.34. The van der Waals surface area contributed by atoms with Crippen LogP contribution in [0.1, 0.15) is 59.7 Å². The number of ketones is 1. The van der Waals surface area contributed by atoms with Gasteiger partial charge < -0.3 is 14.4 Å². The van der Waals surface area contributed by atoms with Gasteiger partial charge in [0.1, 0.15) is 6.10 Å². The van der Waals surface area contributed by atoms with E-state index in [0.29, 0.717) is 23.0 Å². The normalized spacial score (nSPS) is 15.7. The van der Waals surface area contributed by atoms with Gasteiger partial charge in [-0.3, -0.25) is 4.79 Å². The number of Topliss-reactive ketones (excluding diaryl/α,β-unsaturated/α-hetero) is 1. The number of nitrogens with zero attached hydrogens (tertiary/aromatic N) is 1. The van der Waals surface area contributed by atoms with Crippen LogP contribution in [0.25, 0.3) is 0 Å². The maximum absolute atomic E-state index is 11.9. The van der Waals surface area contributed by atoms with Crippen molar-refractivity contribution in [3.8, 4) is 11.5 Å². The number of methoxy groups -OCH3 is 1. The smallest absolute Gasteiger partial charge is 0.162 e. The van der Waals surface area contributed by atoms with E-state index in [1.165, 1.54) is 18.4 Å². The first-order chi connectivity index (χ1) is 16.1. The van der Waals surface area contributed by atoms with Crippen molar-refractivity contribution < 1.29 is 14.3 Å². The maximum Gasteiger partial charge on any atom is 0.162 e. The molecule has 0 saturated carbocycles. The Balaban J connectivity index is 1.43. The summed E-state index contributed by atoms with van der Waals surface area (Å²) < 4.78 is 12.0. The molecule has 0 aromatic heterocycles. The molecule has 0 spiro atoms. The van der Waals surface area contributed by atoms with Gasteiger partial charge in [-0.2, -0.15) is 0 Å². The Morgan fingerprint density at radius 3 is 2.24 bits per heavy atom. The van der Waals surface area contributed by atoms with Gasteiger partial charge in [-0.05, 0) is 68.1 Å². The number of rotatable bonds is 9. The fourth-order valence-corrected chi connectivity index (χ4v) is 4.62. The molecular weight excluding hydrogens is 410 g/mol. The predicted octanol–water partition coefficient (Wildman–Crippen LogP) is 6.29. The predicted molar refractivity (Wildman–Crippen MR) is 132 cm³/mol. The second-order valence-electron chi connectivity index (χ2n) is 8.75. The van der Waals surface area contributed by atoms with Crippen molar-refractivity contribution in [2.45, 2.75) is 38.2 Å². The van der Waals surface area contributed by atoms with E-state index in [4.69, 9.17) is 9.47 Å². The number of hydrogen-bond donors (Lipinski definition) is 0. The number of hydrogen-bond acceptors (Lipinski definition) is 4. The summed E-state index contributed by atoms with van der Waals surface area (Å²) in [6, 6.07) is 26.6. The van der Waals surface area contributed by atoms with Crippen LogP contribution in [0, 0.1) is 0 Å². The molecule has 1 aliphatic rings. The van der Waals surface area contributed by atoms with Gasteiger partial charge in [0.05, 0.1) is 7.11 Å². The van der Waals surface area contributed by atoms with E-state index in [1.54, 1.807) is 26.2 Å². The molecule has 0 bridgehead atoms. The van der Waals surface area contributed by atoms with Crippen LogP contribution in [0.5, 0.6) is 11.5 Å². The van der Waals surface area contributed by atoms with Crippen LogP contribution in [-0.4, -0.2) is 37.4 Å². The molecule has 0 radical (unpaired) electrons. The molecule has 172 valence electrons. The largest absolute Gasteiger partial charge is 0.493 e. The van der Waals surface area contributed by atoms with Crippen LogP contribution in [-0.2, 0) is 0 Å². The van der Waals surface area contributed by atoms with Crippen LogP contribution >= 0.6 is 0 Å².